The third kappa shape index (κ3) is 1.81. The third-order valence-electron chi connectivity index (χ3n) is 3.46. The molecule has 0 aromatic heterocycles. The summed E-state index contributed by atoms with van der Waals surface area (Å²) >= 11 is 0. The van der Waals surface area contributed by atoms with Crippen molar-refractivity contribution in [3.63, 3.8) is 0 Å². The minimum absolute atomic E-state index is 0.647. The minimum atomic E-state index is -0.647. The number of likely N-dealkylation sites (N-methyl/N-ethyl adjacent to an activating group) is 1. The largest absolute Gasteiger partial charge is 0.362 e. The van der Waals surface area contributed by atoms with Crippen LogP contribution in [0.5, 0.6) is 0 Å². The van der Waals surface area contributed by atoms with E-state index in [1.54, 1.807) is 0 Å². The summed E-state index contributed by atoms with van der Waals surface area (Å²) in [7, 11) is 3.94. The van der Waals surface area contributed by atoms with Gasteiger partial charge in [-0.15, -0.1) is 10.2 Å². The van der Waals surface area contributed by atoms with Gasteiger partial charge in [0.15, 0.2) is 11.4 Å². The quantitative estimate of drug-likeness (QED) is 0.820. The second kappa shape index (κ2) is 4.89. The molecule has 0 aliphatic carbocycles. The van der Waals surface area contributed by atoms with Gasteiger partial charge < -0.3 is 4.90 Å². The van der Waals surface area contributed by atoms with Crippen LogP contribution >= 0.6 is 0 Å². The van der Waals surface area contributed by atoms with Crippen molar-refractivity contribution in [2.24, 2.45) is 15.4 Å². The lowest BCUT2D eigenvalue weighted by Gasteiger charge is -2.30. The third-order valence-corrected chi connectivity index (χ3v) is 3.46. The predicted molar refractivity (Wildman–Crippen MR) is 79.6 cm³/mol. The van der Waals surface area contributed by atoms with Crippen LogP contribution in [0.25, 0.3) is 0 Å². The molecule has 0 atom stereocenters. The van der Waals surface area contributed by atoms with E-state index in [0.717, 1.165) is 17.0 Å². The molecule has 0 spiro atoms. The maximum atomic E-state index is 4.49. The zero-order valence-electron chi connectivity index (χ0n) is 11.6. The molecule has 0 unspecified atom stereocenters. The van der Waals surface area contributed by atoms with E-state index in [0.29, 0.717) is 0 Å². The van der Waals surface area contributed by atoms with Gasteiger partial charge in [-0.1, -0.05) is 60.7 Å². The molecule has 4 heteroatoms. The van der Waals surface area contributed by atoms with Crippen molar-refractivity contribution in [1.82, 2.24) is 4.90 Å². The first kappa shape index (κ1) is 12.5. The first-order valence-corrected chi connectivity index (χ1v) is 6.54. The summed E-state index contributed by atoms with van der Waals surface area (Å²) in [5, 5.41) is 12.7. The normalized spacial score (nSPS) is 16.0. The van der Waals surface area contributed by atoms with Crippen LogP contribution in [0.4, 0.5) is 0 Å². The van der Waals surface area contributed by atoms with E-state index in [2.05, 4.69) is 39.7 Å². The van der Waals surface area contributed by atoms with Crippen molar-refractivity contribution >= 4 is 5.84 Å². The van der Waals surface area contributed by atoms with Gasteiger partial charge >= 0.3 is 0 Å². The summed E-state index contributed by atoms with van der Waals surface area (Å²) in [6.07, 6.45) is 0. The molecule has 2 aromatic rings. The Bertz CT molecular complexity index is 605. The van der Waals surface area contributed by atoms with Gasteiger partial charge in [0.1, 0.15) is 0 Å². The molecule has 1 aliphatic heterocycles. The van der Waals surface area contributed by atoms with Crippen LogP contribution in [0.3, 0.4) is 0 Å². The van der Waals surface area contributed by atoms with E-state index in [1.165, 1.54) is 0 Å². The molecular formula is C16H16N4. The molecule has 0 saturated heterocycles. The summed E-state index contributed by atoms with van der Waals surface area (Å²) in [6.45, 7) is 0. The molecule has 100 valence electrons. The van der Waals surface area contributed by atoms with Crippen molar-refractivity contribution in [1.29, 1.82) is 0 Å². The lowest BCUT2D eigenvalue weighted by Crippen LogP contribution is -2.41. The van der Waals surface area contributed by atoms with Crippen LogP contribution in [-0.4, -0.2) is 24.8 Å². The van der Waals surface area contributed by atoms with E-state index in [1.807, 2.05) is 55.4 Å². The van der Waals surface area contributed by atoms with Crippen molar-refractivity contribution in [3.8, 4) is 0 Å². The number of amidine groups is 1. The van der Waals surface area contributed by atoms with Crippen molar-refractivity contribution < 1.29 is 0 Å². The number of hydrogen-bond acceptors (Lipinski definition) is 4. The van der Waals surface area contributed by atoms with Crippen LogP contribution in [0.15, 0.2) is 76.1 Å². The van der Waals surface area contributed by atoms with E-state index in [4.69, 9.17) is 0 Å². The fourth-order valence-electron chi connectivity index (χ4n) is 2.56. The maximum absolute atomic E-state index is 4.49. The average Bonchev–Trinajstić information content (AvgIpc) is 2.95. The Morgan fingerprint density at radius 3 is 1.75 bits per heavy atom. The highest BCUT2D eigenvalue weighted by molar-refractivity contribution is 5.96. The van der Waals surface area contributed by atoms with Crippen molar-refractivity contribution in [3.05, 3.63) is 71.8 Å². The molecule has 20 heavy (non-hydrogen) atoms. The number of rotatable bonds is 2. The SMILES string of the molecule is CN(C)C1=NN=NC1(c1ccccc1)c1ccccc1. The summed E-state index contributed by atoms with van der Waals surface area (Å²) in [4.78, 5) is 1.97. The Labute approximate surface area is 118 Å². The molecular weight excluding hydrogens is 248 g/mol. The monoisotopic (exact) mass is 264 g/mol. The van der Waals surface area contributed by atoms with Gasteiger partial charge in [0.05, 0.1) is 0 Å². The molecule has 2 aromatic carbocycles. The second-order valence-corrected chi connectivity index (χ2v) is 4.95. The first-order valence-electron chi connectivity index (χ1n) is 6.54. The van der Waals surface area contributed by atoms with Gasteiger partial charge in [-0.25, -0.2) is 0 Å². The van der Waals surface area contributed by atoms with Gasteiger partial charge in [-0.05, 0) is 16.4 Å². The molecule has 0 amide bonds. The zero-order chi connectivity index (χ0) is 14.0. The molecule has 4 nitrogen and oxygen atoms in total. The van der Waals surface area contributed by atoms with Crippen LogP contribution in [-0.2, 0) is 5.54 Å². The van der Waals surface area contributed by atoms with Crippen LogP contribution in [0, 0.1) is 0 Å². The molecule has 1 aliphatic rings. The lowest BCUT2D eigenvalue weighted by molar-refractivity contribution is 0.553. The van der Waals surface area contributed by atoms with E-state index >= 15 is 0 Å². The van der Waals surface area contributed by atoms with E-state index in [-0.39, 0.29) is 0 Å². The molecule has 3 rings (SSSR count). The highest BCUT2D eigenvalue weighted by Gasteiger charge is 2.44. The summed E-state index contributed by atoms with van der Waals surface area (Å²) in [6, 6.07) is 20.3. The topological polar surface area (TPSA) is 40.3 Å². The fourth-order valence-corrected chi connectivity index (χ4v) is 2.56. The maximum Gasteiger partial charge on any atom is 0.193 e. The Balaban J connectivity index is 2.25. The minimum Gasteiger partial charge on any atom is -0.362 e. The van der Waals surface area contributed by atoms with Gasteiger partial charge in [0.25, 0.3) is 0 Å². The second-order valence-electron chi connectivity index (χ2n) is 4.95. The zero-order valence-corrected chi connectivity index (χ0v) is 11.6. The van der Waals surface area contributed by atoms with Crippen LogP contribution in [0.1, 0.15) is 11.1 Å². The summed E-state index contributed by atoms with van der Waals surface area (Å²) < 4.78 is 0. The van der Waals surface area contributed by atoms with Crippen LogP contribution in [0.2, 0.25) is 0 Å². The van der Waals surface area contributed by atoms with Gasteiger partial charge in [-0.2, -0.15) is 0 Å². The van der Waals surface area contributed by atoms with Gasteiger partial charge in [0, 0.05) is 14.1 Å². The van der Waals surface area contributed by atoms with Gasteiger partial charge in [-0.3, -0.25) is 0 Å². The molecule has 0 fully saturated rings. The van der Waals surface area contributed by atoms with E-state index < -0.39 is 5.54 Å². The highest BCUT2D eigenvalue weighted by Crippen LogP contribution is 2.39. The van der Waals surface area contributed by atoms with Crippen molar-refractivity contribution in [2.75, 3.05) is 14.1 Å². The smallest absolute Gasteiger partial charge is 0.193 e. The van der Waals surface area contributed by atoms with Gasteiger partial charge in [0.2, 0.25) is 0 Å². The summed E-state index contributed by atoms with van der Waals surface area (Å²) in [5.74, 6) is 0.829. The molecule has 0 saturated carbocycles. The molecule has 0 radical (unpaired) electrons. The Kier molecular flexibility index (Phi) is 3.06. The highest BCUT2D eigenvalue weighted by atomic mass is 15.5. The lowest BCUT2D eigenvalue weighted by atomic mass is 9.82. The van der Waals surface area contributed by atoms with Crippen molar-refractivity contribution in [2.45, 2.75) is 5.54 Å². The summed E-state index contributed by atoms with van der Waals surface area (Å²) in [5.41, 5.74) is 1.49. The number of benzene rings is 2. The van der Waals surface area contributed by atoms with Crippen LogP contribution < -0.4 is 0 Å². The molecule has 0 bridgehead atoms. The standard InChI is InChI=1S/C16H16N4/c1-20(2)15-16(18-19-17-15,13-9-5-3-6-10-13)14-11-7-4-8-12-14/h3-12H,1-2H3. The van der Waals surface area contributed by atoms with E-state index in [9.17, 15) is 0 Å². The Hall–Kier alpha value is -2.49. The molecule has 0 N–H and O–H groups in total. The Morgan fingerprint density at radius 2 is 1.30 bits per heavy atom. The first-order chi connectivity index (χ1) is 9.75. The molecule has 1 heterocycles. The predicted octanol–water partition coefficient (Wildman–Crippen LogP) is 3.27. The Morgan fingerprint density at radius 1 is 0.800 bits per heavy atom. The average molecular weight is 264 g/mol. The number of nitrogens with zero attached hydrogens (tertiary/aromatic N) is 4. The fraction of sp³-hybridized carbons (Fsp3) is 0.188. The number of hydrogen-bond donors (Lipinski definition) is 0.